The van der Waals surface area contributed by atoms with E-state index in [0.717, 1.165) is 32.5 Å². The molecule has 1 unspecified atom stereocenters. The molecule has 0 radical (unpaired) electrons. The van der Waals surface area contributed by atoms with Crippen LogP contribution in [0.1, 0.15) is 25.1 Å². The number of carbonyl (C=O) groups excluding carboxylic acids is 1. The van der Waals surface area contributed by atoms with Crippen molar-refractivity contribution in [3.8, 4) is 0 Å². The average Bonchev–Trinajstić information content (AvgIpc) is 3.22. The summed E-state index contributed by atoms with van der Waals surface area (Å²) in [7, 11) is 1.51. The summed E-state index contributed by atoms with van der Waals surface area (Å²) in [6.07, 6.45) is 1.26. The van der Waals surface area contributed by atoms with Gasteiger partial charge in [-0.05, 0) is 49.3 Å². The highest BCUT2D eigenvalue weighted by atomic mass is 32.1. The van der Waals surface area contributed by atoms with Crippen LogP contribution in [-0.4, -0.2) is 49.7 Å². The van der Waals surface area contributed by atoms with E-state index in [1.165, 1.54) is 18.1 Å². The van der Waals surface area contributed by atoms with E-state index in [-0.39, 0.29) is 23.7 Å². The lowest BCUT2D eigenvalue weighted by Gasteiger charge is -2.43. The number of carbonyl (C=O) groups is 1. The van der Waals surface area contributed by atoms with Crippen molar-refractivity contribution >= 4 is 22.9 Å². The number of anilines is 1. The second-order valence-electron chi connectivity index (χ2n) is 7.50. The van der Waals surface area contributed by atoms with Crippen molar-refractivity contribution < 1.29 is 13.9 Å². The molecule has 0 saturated carbocycles. The molecule has 0 aliphatic carbocycles. The molecule has 28 heavy (non-hydrogen) atoms. The van der Waals surface area contributed by atoms with Crippen LogP contribution in [0, 0.1) is 11.7 Å². The van der Waals surface area contributed by atoms with E-state index < -0.39 is 6.10 Å². The Kier molecular flexibility index (Phi) is 7.21. The molecule has 3 atom stereocenters. The lowest BCUT2D eigenvalue weighted by Crippen LogP contribution is -2.55. The first-order valence-electron chi connectivity index (χ1n) is 9.86. The van der Waals surface area contributed by atoms with E-state index in [9.17, 15) is 9.18 Å². The number of methoxy groups -OCH3 is 1. The van der Waals surface area contributed by atoms with Gasteiger partial charge in [0.15, 0.2) is 0 Å². The Morgan fingerprint density at radius 3 is 2.79 bits per heavy atom. The van der Waals surface area contributed by atoms with Gasteiger partial charge in [0.25, 0.3) is 5.91 Å². The number of benzene rings is 1. The van der Waals surface area contributed by atoms with Crippen LogP contribution in [0.5, 0.6) is 0 Å². The van der Waals surface area contributed by atoms with Crippen LogP contribution in [0.25, 0.3) is 0 Å². The largest absolute Gasteiger partial charge is 0.372 e. The van der Waals surface area contributed by atoms with Crippen LogP contribution >= 0.6 is 11.3 Å². The van der Waals surface area contributed by atoms with E-state index in [4.69, 9.17) is 4.74 Å². The predicted molar refractivity (Wildman–Crippen MR) is 112 cm³/mol. The van der Waals surface area contributed by atoms with Crippen LogP contribution in [0.15, 0.2) is 41.8 Å². The number of likely N-dealkylation sites (tertiary alicyclic amines) is 1. The fourth-order valence-corrected chi connectivity index (χ4v) is 4.63. The van der Waals surface area contributed by atoms with Gasteiger partial charge in [0, 0.05) is 37.7 Å². The summed E-state index contributed by atoms with van der Waals surface area (Å²) in [6.45, 7) is 6.69. The Hall–Kier alpha value is -1.76. The van der Waals surface area contributed by atoms with E-state index in [2.05, 4.69) is 29.3 Å². The zero-order valence-corrected chi connectivity index (χ0v) is 17.6. The van der Waals surface area contributed by atoms with Gasteiger partial charge in [0.2, 0.25) is 0 Å². The molecule has 1 aliphatic heterocycles. The van der Waals surface area contributed by atoms with Crippen LogP contribution < -0.4 is 4.90 Å². The van der Waals surface area contributed by atoms with Crippen LogP contribution in [0.3, 0.4) is 0 Å². The number of piperidine rings is 1. The number of hydrogen-bond acceptors (Lipinski definition) is 4. The van der Waals surface area contributed by atoms with Crippen molar-refractivity contribution in [1.29, 1.82) is 0 Å². The van der Waals surface area contributed by atoms with Crippen LogP contribution in [0.4, 0.5) is 10.1 Å². The smallest absolute Gasteiger partial charge is 0.256 e. The normalized spacial score (nSPS) is 21.4. The Labute approximate surface area is 170 Å². The van der Waals surface area contributed by atoms with Crippen molar-refractivity contribution in [3.63, 3.8) is 0 Å². The third-order valence-corrected chi connectivity index (χ3v) is 6.52. The molecule has 0 bridgehead atoms. The maximum Gasteiger partial charge on any atom is 0.256 e. The number of halogens is 1. The zero-order valence-electron chi connectivity index (χ0n) is 16.8. The SMILES string of the molecule is COC(C)C(=O)N(c1ccccc1F)[C@@H]1CCN(CCc2cccs2)C[C@@H]1C. The molecule has 1 saturated heterocycles. The fourth-order valence-electron chi connectivity index (χ4n) is 3.93. The number of ether oxygens (including phenoxy) is 1. The summed E-state index contributed by atoms with van der Waals surface area (Å²) in [6, 6.07) is 10.7. The molecule has 1 aliphatic rings. The number of amides is 1. The summed E-state index contributed by atoms with van der Waals surface area (Å²) in [5.74, 6) is -0.312. The van der Waals surface area contributed by atoms with Gasteiger partial charge >= 0.3 is 0 Å². The molecule has 1 amide bonds. The van der Waals surface area contributed by atoms with Crippen LogP contribution in [0.2, 0.25) is 0 Å². The maximum absolute atomic E-state index is 14.6. The first-order chi connectivity index (χ1) is 13.5. The lowest BCUT2D eigenvalue weighted by atomic mass is 9.91. The summed E-state index contributed by atoms with van der Waals surface area (Å²) >= 11 is 1.79. The third-order valence-electron chi connectivity index (χ3n) is 5.58. The van der Waals surface area contributed by atoms with Gasteiger partial charge in [0.05, 0.1) is 5.69 Å². The average molecular weight is 405 g/mol. The molecule has 0 spiro atoms. The number of thiophene rings is 1. The number of para-hydroxylation sites is 1. The molecular weight excluding hydrogens is 375 g/mol. The quantitative estimate of drug-likeness (QED) is 0.693. The highest BCUT2D eigenvalue weighted by Gasteiger charge is 2.36. The summed E-state index contributed by atoms with van der Waals surface area (Å²) in [5, 5.41) is 2.11. The molecular formula is C22H29FN2O2S. The minimum Gasteiger partial charge on any atom is -0.372 e. The molecule has 4 nitrogen and oxygen atoms in total. The topological polar surface area (TPSA) is 32.8 Å². The number of nitrogens with zero attached hydrogens (tertiary/aromatic N) is 2. The lowest BCUT2D eigenvalue weighted by molar-refractivity contribution is -0.128. The second-order valence-corrected chi connectivity index (χ2v) is 8.53. The Bertz CT molecular complexity index is 768. The van der Waals surface area contributed by atoms with Crippen molar-refractivity contribution in [2.45, 2.75) is 38.8 Å². The minimum atomic E-state index is -0.608. The van der Waals surface area contributed by atoms with E-state index in [0.29, 0.717) is 5.69 Å². The van der Waals surface area contributed by atoms with Gasteiger partial charge in [-0.15, -0.1) is 11.3 Å². The molecule has 1 aromatic carbocycles. The van der Waals surface area contributed by atoms with E-state index in [1.54, 1.807) is 41.4 Å². The molecule has 2 aromatic rings. The highest BCUT2D eigenvalue weighted by Crippen LogP contribution is 2.30. The van der Waals surface area contributed by atoms with Gasteiger partial charge in [-0.25, -0.2) is 4.39 Å². The van der Waals surface area contributed by atoms with E-state index in [1.807, 2.05) is 0 Å². The molecule has 6 heteroatoms. The first kappa shape index (κ1) is 21.0. The van der Waals surface area contributed by atoms with Gasteiger partial charge in [-0.2, -0.15) is 0 Å². The number of rotatable bonds is 7. The van der Waals surface area contributed by atoms with Gasteiger partial charge in [-0.3, -0.25) is 4.79 Å². The summed E-state index contributed by atoms with van der Waals surface area (Å²) in [4.78, 5) is 18.5. The highest BCUT2D eigenvalue weighted by molar-refractivity contribution is 7.09. The van der Waals surface area contributed by atoms with Crippen molar-refractivity contribution in [3.05, 3.63) is 52.5 Å². The molecule has 0 N–H and O–H groups in total. The summed E-state index contributed by atoms with van der Waals surface area (Å²) in [5.41, 5.74) is 0.347. The molecule has 1 fully saturated rings. The molecule has 3 rings (SSSR count). The molecule has 152 valence electrons. The standard InChI is InChI=1S/C22H29FN2O2S/c1-16-15-24(12-10-18-7-6-14-28-18)13-11-20(16)25(22(26)17(2)27-3)21-9-5-4-8-19(21)23/h4-9,14,16-17,20H,10-13,15H2,1-3H3/t16-,17?,20+/m0/s1. The predicted octanol–water partition coefficient (Wildman–Crippen LogP) is 4.21. The summed E-state index contributed by atoms with van der Waals surface area (Å²) < 4.78 is 19.8. The Balaban J connectivity index is 1.74. The minimum absolute atomic E-state index is 0.0417. The van der Waals surface area contributed by atoms with E-state index >= 15 is 0 Å². The Morgan fingerprint density at radius 2 is 2.14 bits per heavy atom. The van der Waals surface area contributed by atoms with Crippen molar-refractivity contribution in [2.24, 2.45) is 5.92 Å². The second kappa shape index (κ2) is 9.63. The fraction of sp³-hybridized carbons (Fsp3) is 0.500. The molecule has 2 heterocycles. The monoisotopic (exact) mass is 404 g/mol. The van der Waals surface area contributed by atoms with Crippen molar-refractivity contribution in [1.82, 2.24) is 4.90 Å². The Morgan fingerprint density at radius 1 is 1.36 bits per heavy atom. The van der Waals surface area contributed by atoms with Crippen molar-refractivity contribution in [2.75, 3.05) is 31.6 Å². The molecule has 1 aromatic heterocycles. The zero-order chi connectivity index (χ0) is 20.1. The van der Waals surface area contributed by atoms with Gasteiger partial charge in [0.1, 0.15) is 11.9 Å². The van der Waals surface area contributed by atoms with Crippen LogP contribution in [-0.2, 0) is 16.0 Å². The third kappa shape index (κ3) is 4.80. The van der Waals surface area contributed by atoms with Gasteiger partial charge in [-0.1, -0.05) is 25.1 Å². The number of hydrogen-bond donors (Lipinski definition) is 0. The maximum atomic E-state index is 14.6. The first-order valence-corrected chi connectivity index (χ1v) is 10.7. The van der Waals surface area contributed by atoms with Gasteiger partial charge < -0.3 is 14.5 Å².